The van der Waals surface area contributed by atoms with Gasteiger partial charge in [-0.05, 0) is 42.9 Å². The van der Waals surface area contributed by atoms with E-state index >= 15 is 0 Å². The van der Waals surface area contributed by atoms with E-state index in [-0.39, 0.29) is 17.4 Å². The van der Waals surface area contributed by atoms with E-state index in [1.807, 2.05) is 24.3 Å². The van der Waals surface area contributed by atoms with Crippen LogP contribution in [0.5, 0.6) is 0 Å². The van der Waals surface area contributed by atoms with Crippen molar-refractivity contribution in [2.45, 2.75) is 46.1 Å². The molecule has 1 rings (SSSR count). The molecule has 1 aromatic carbocycles. The molecule has 4 heteroatoms. The summed E-state index contributed by atoms with van der Waals surface area (Å²) in [6.45, 7) is 6.47. The number of amides is 1. The maximum absolute atomic E-state index is 11.8. The van der Waals surface area contributed by atoms with Crippen molar-refractivity contribution in [2.75, 3.05) is 6.54 Å². The quantitative estimate of drug-likeness (QED) is 0.799. The summed E-state index contributed by atoms with van der Waals surface area (Å²) < 4.78 is 1.05. The Morgan fingerprint density at radius 1 is 1.35 bits per heavy atom. The number of aliphatic hydroxyl groups excluding tert-OH is 1. The lowest BCUT2D eigenvalue weighted by Gasteiger charge is -2.26. The van der Waals surface area contributed by atoms with Crippen LogP contribution in [0.25, 0.3) is 0 Å². The highest BCUT2D eigenvalue weighted by molar-refractivity contribution is 9.10. The first kappa shape index (κ1) is 17.2. The Balaban J connectivity index is 2.32. The summed E-state index contributed by atoms with van der Waals surface area (Å²) in [5, 5.41) is 12.4. The highest BCUT2D eigenvalue weighted by Gasteiger charge is 2.20. The molecular weight excluding hydrogens is 318 g/mol. The van der Waals surface area contributed by atoms with Crippen LogP contribution in [0.2, 0.25) is 0 Å². The number of aliphatic hydroxyl groups is 1. The van der Waals surface area contributed by atoms with Gasteiger partial charge in [-0.25, -0.2) is 0 Å². The number of nitrogens with one attached hydrogen (secondary N) is 1. The average molecular weight is 342 g/mol. The minimum absolute atomic E-state index is 0.0617. The summed E-state index contributed by atoms with van der Waals surface area (Å²) in [6.07, 6.45) is 1.58. The van der Waals surface area contributed by atoms with Gasteiger partial charge >= 0.3 is 0 Å². The van der Waals surface area contributed by atoms with Gasteiger partial charge in [0.15, 0.2) is 0 Å². The number of carbonyl (C=O) groups excluding carboxylic acids is 1. The molecule has 0 radical (unpaired) electrons. The third kappa shape index (κ3) is 7.06. The van der Waals surface area contributed by atoms with Gasteiger partial charge in [-0.3, -0.25) is 4.79 Å². The van der Waals surface area contributed by atoms with Crippen molar-refractivity contribution >= 4 is 21.8 Å². The Hall–Kier alpha value is -0.870. The van der Waals surface area contributed by atoms with Gasteiger partial charge in [0.05, 0.1) is 6.10 Å². The van der Waals surface area contributed by atoms with Gasteiger partial charge in [-0.15, -0.1) is 0 Å². The molecule has 0 aliphatic carbocycles. The zero-order valence-electron chi connectivity index (χ0n) is 12.4. The van der Waals surface area contributed by atoms with E-state index in [0.717, 1.165) is 16.5 Å². The topological polar surface area (TPSA) is 49.3 Å². The van der Waals surface area contributed by atoms with E-state index in [1.54, 1.807) is 6.92 Å². The van der Waals surface area contributed by atoms with Crippen LogP contribution in [0.1, 0.15) is 39.2 Å². The zero-order valence-corrected chi connectivity index (χ0v) is 14.0. The van der Waals surface area contributed by atoms with Gasteiger partial charge in [0.25, 0.3) is 0 Å². The number of aryl methyl sites for hydroxylation is 1. The molecule has 1 unspecified atom stereocenters. The standard InChI is InChI=1S/C16H24BrNO2/c1-12(19)10-16(2,3)11-18-15(20)9-6-13-4-7-14(17)8-5-13/h4-5,7-8,12,19H,6,9-11H2,1-3H3,(H,18,20). The normalized spacial score (nSPS) is 13.1. The number of benzene rings is 1. The van der Waals surface area contributed by atoms with Crippen LogP contribution in [-0.2, 0) is 11.2 Å². The maximum atomic E-state index is 11.8. The van der Waals surface area contributed by atoms with Crippen molar-refractivity contribution in [3.63, 3.8) is 0 Å². The van der Waals surface area contributed by atoms with Crippen molar-refractivity contribution in [3.05, 3.63) is 34.3 Å². The maximum Gasteiger partial charge on any atom is 0.220 e. The minimum atomic E-state index is -0.343. The van der Waals surface area contributed by atoms with Crippen LogP contribution in [0.3, 0.4) is 0 Å². The lowest BCUT2D eigenvalue weighted by molar-refractivity contribution is -0.121. The molecule has 0 aliphatic rings. The number of hydrogen-bond donors (Lipinski definition) is 2. The van der Waals surface area contributed by atoms with Gasteiger partial charge in [0.2, 0.25) is 5.91 Å². The summed E-state index contributed by atoms with van der Waals surface area (Å²) in [5.41, 5.74) is 1.08. The monoisotopic (exact) mass is 341 g/mol. The van der Waals surface area contributed by atoms with Gasteiger partial charge in [0.1, 0.15) is 0 Å². The third-order valence-corrected chi connectivity index (χ3v) is 3.69. The van der Waals surface area contributed by atoms with Crippen molar-refractivity contribution in [1.82, 2.24) is 5.32 Å². The van der Waals surface area contributed by atoms with Gasteiger partial charge in [-0.2, -0.15) is 0 Å². The summed E-state index contributed by atoms with van der Waals surface area (Å²) in [5.74, 6) is 0.0617. The molecule has 112 valence electrons. The summed E-state index contributed by atoms with van der Waals surface area (Å²) in [4.78, 5) is 11.8. The predicted octanol–water partition coefficient (Wildman–Crippen LogP) is 3.30. The van der Waals surface area contributed by atoms with Crippen LogP contribution in [0.4, 0.5) is 0 Å². The molecule has 20 heavy (non-hydrogen) atoms. The summed E-state index contributed by atoms with van der Waals surface area (Å²) >= 11 is 3.39. The predicted molar refractivity (Wildman–Crippen MR) is 85.6 cm³/mol. The molecular formula is C16H24BrNO2. The van der Waals surface area contributed by atoms with Gasteiger partial charge in [0, 0.05) is 17.4 Å². The second-order valence-electron chi connectivity index (χ2n) is 6.12. The molecule has 0 fully saturated rings. The van der Waals surface area contributed by atoms with Crippen LogP contribution >= 0.6 is 15.9 Å². The lowest BCUT2D eigenvalue weighted by Crippen LogP contribution is -2.35. The molecule has 1 atom stereocenters. The average Bonchev–Trinajstić information content (AvgIpc) is 2.34. The largest absolute Gasteiger partial charge is 0.393 e. The van der Waals surface area contributed by atoms with Gasteiger partial charge in [-0.1, -0.05) is 41.9 Å². The molecule has 0 bridgehead atoms. The Bertz CT molecular complexity index is 427. The van der Waals surface area contributed by atoms with E-state index in [9.17, 15) is 9.90 Å². The first-order valence-electron chi connectivity index (χ1n) is 6.98. The molecule has 0 heterocycles. The van der Waals surface area contributed by atoms with Gasteiger partial charge < -0.3 is 10.4 Å². The molecule has 0 aliphatic heterocycles. The highest BCUT2D eigenvalue weighted by Crippen LogP contribution is 2.21. The fourth-order valence-corrected chi connectivity index (χ4v) is 2.47. The number of halogens is 1. The molecule has 1 aromatic rings. The fourth-order valence-electron chi connectivity index (χ4n) is 2.21. The first-order valence-corrected chi connectivity index (χ1v) is 7.77. The van der Waals surface area contributed by atoms with E-state index in [4.69, 9.17) is 0 Å². The van der Waals surface area contributed by atoms with Crippen molar-refractivity contribution < 1.29 is 9.90 Å². The second kappa shape index (κ2) is 7.79. The summed E-state index contributed by atoms with van der Waals surface area (Å²) in [7, 11) is 0. The van der Waals surface area contributed by atoms with Crippen molar-refractivity contribution in [1.29, 1.82) is 0 Å². The molecule has 3 nitrogen and oxygen atoms in total. The molecule has 0 saturated heterocycles. The van der Waals surface area contributed by atoms with Crippen LogP contribution < -0.4 is 5.32 Å². The van der Waals surface area contributed by atoms with Crippen molar-refractivity contribution in [2.24, 2.45) is 5.41 Å². The fraction of sp³-hybridized carbons (Fsp3) is 0.562. The number of carbonyl (C=O) groups is 1. The van der Waals surface area contributed by atoms with E-state index in [0.29, 0.717) is 19.4 Å². The third-order valence-electron chi connectivity index (χ3n) is 3.17. The number of rotatable bonds is 7. The molecule has 0 spiro atoms. The molecule has 2 N–H and O–H groups in total. The smallest absolute Gasteiger partial charge is 0.220 e. The van der Waals surface area contributed by atoms with E-state index < -0.39 is 0 Å². The number of hydrogen-bond acceptors (Lipinski definition) is 2. The van der Waals surface area contributed by atoms with Crippen LogP contribution in [0.15, 0.2) is 28.7 Å². The zero-order chi connectivity index (χ0) is 15.2. The Labute approximate surface area is 129 Å². The molecule has 0 aromatic heterocycles. The minimum Gasteiger partial charge on any atom is -0.393 e. The van der Waals surface area contributed by atoms with Crippen molar-refractivity contribution in [3.8, 4) is 0 Å². The highest BCUT2D eigenvalue weighted by atomic mass is 79.9. The molecule has 1 amide bonds. The Kier molecular flexibility index (Phi) is 6.69. The SMILES string of the molecule is CC(O)CC(C)(C)CNC(=O)CCc1ccc(Br)cc1. The first-order chi connectivity index (χ1) is 9.28. The molecule has 0 saturated carbocycles. The lowest BCUT2D eigenvalue weighted by atomic mass is 9.87. The summed E-state index contributed by atoms with van der Waals surface area (Å²) in [6, 6.07) is 8.02. The Morgan fingerprint density at radius 2 is 1.95 bits per heavy atom. The van der Waals surface area contributed by atoms with Crippen LogP contribution in [0, 0.1) is 5.41 Å². The van der Waals surface area contributed by atoms with Crippen LogP contribution in [-0.4, -0.2) is 23.7 Å². The van der Waals surface area contributed by atoms with E-state index in [1.165, 1.54) is 0 Å². The Morgan fingerprint density at radius 3 is 2.50 bits per heavy atom. The second-order valence-corrected chi connectivity index (χ2v) is 7.04. The van der Waals surface area contributed by atoms with E-state index in [2.05, 4.69) is 35.1 Å².